The maximum Gasteiger partial charge on any atom is 0.258 e. The van der Waals surface area contributed by atoms with Gasteiger partial charge in [-0.15, -0.1) is 0 Å². The summed E-state index contributed by atoms with van der Waals surface area (Å²) >= 11 is 0. The molecule has 0 atom stereocenters. The number of nitrogens with zero attached hydrogens (tertiary/aromatic N) is 2. The molecule has 0 unspecified atom stereocenters. The minimum absolute atomic E-state index is 0.0137. The normalized spacial score (nSPS) is 13.9. The number of anilines is 2. The van der Waals surface area contributed by atoms with Crippen molar-refractivity contribution in [1.82, 2.24) is 0 Å². The molecule has 0 radical (unpaired) electrons. The number of benzene rings is 2. The fraction of sp³-hybridized carbons (Fsp3) is 0.316. The Hall–Kier alpha value is -2.49. The Balaban J connectivity index is 1.97. The van der Waals surface area contributed by atoms with E-state index in [-0.39, 0.29) is 5.91 Å². The maximum absolute atomic E-state index is 13.0. The van der Waals surface area contributed by atoms with Crippen molar-refractivity contribution < 1.29 is 9.53 Å². The molecule has 4 heteroatoms. The third-order valence-electron chi connectivity index (χ3n) is 4.23. The second kappa shape index (κ2) is 6.32. The molecule has 1 aliphatic rings. The molecule has 0 aliphatic carbocycles. The lowest BCUT2D eigenvalue weighted by Crippen LogP contribution is -2.46. The fourth-order valence-electron chi connectivity index (χ4n) is 3.04. The van der Waals surface area contributed by atoms with Gasteiger partial charge in [-0.25, -0.2) is 0 Å². The van der Waals surface area contributed by atoms with Gasteiger partial charge in [0, 0.05) is 24.7 Å². The summed E-state index contributed by atoms with van der Waals surface area (Å²) in [7, 11) is 1.61. The van der Waals surface area contributed by atoms with Crippen LogP contribution in [0.5, 0.6) is 5.75 Å². The SMILES string of the molecule is COc1cccc(C(=O)N2CCN(C(C)C)c3ccccc32)c1. The molecule has 0 N–H and O–H groups in total. The molecule has 3 rings (SSSR count). The van der Waals surface area contributed by atoms with Crippen molar-refractivity contribution in [2.24, 2.45) is 0 Å². The molecular weight excluding hydrogens is 288 g/mol. The molecule has 120 valence electrons. The highest BCUT2D eigenvalue weighted by atomic mass is 16.5. The number of rotatable bonds is 3. The largest absolute Gasteiger partial charge is 0.497 e. The molecule has 1 aliphatic heterocycles. The van der Waals surface area contributed by atoms with Crippen molar-refractivity contribution in [1.29, 1.82) is 0 Å². The van der Waals surface area contributed by atoms with Crippen LogP contribution in [-0.2, 0) is 0 Å². The highest BCUT2D eigenvalue weighted by Crippen LogP contribution is 2.35. The average Bonchev–Trinajstić information content (AvgIpc) is 2.60. The van der Waals surface area contributed by atoms with Gasteiger partial charge in [-0.1, -0.05) is 18.2 Å². The van der Waals surface area contributed by atoms with E-state index in [4.69, 9.17) is 4.74 Å². The number of amides is 1. The molecule has 23 heavy (non-hydrogen) atoms. The number of hydrogen-bond acceptors (Lipinski definition) is 3. The van der Waals surface area contributed by atoms with Gasteiger partial charge in [0.05, 0.1) is 18.5 Å². The highest BCUT2D eigenvalue weighted by molar-refractivity contribution is 6.08. The zero-order valence-electron chi connectivity index (χ0n) is 13.8. The summed E-state index contributed by atoms with van der Waals surface area (Å²) in [6.07, 6.45) is 0. The van der Waals surface area contributed by atoms with E-state index in [0.717, 1.165) is 17.9 Å². The van der Waals surface area contributed by atoms with Crippen LogP contribution in [0.15, 0.2) is 48.5 Å². The standard InChI is InChI=1S/C19H22N2O2/c1-14(2)20-11-12-21(18-10-5-4-9-17(18)20)19(22)15-7-6-8-16(13-15)23-3/h4-10,13-14H,11-12H2,1-3H3. The van der Waals surface area contributed by atoms with Gasteiger partial charge in [0.2, 0.25) is 0 Å². The van der Waals surface area contributed by atoms with Crippen LogP contribution in [0.3, 0.4) is 0 Å². The van der Waals surface area contributed by atoms with Crippen molar-refractivity contribution in [3.63, 3.8) is 0 Å². The lowest BCUT2D eigenvalue weighted by molar-refractivity contribution is 0.0986. The van der Waals surface area contributed by atoms with E-state index >= 15 is 0 Å². The molecule has 0 spiro atoms. The van der Waals surface area contributed by atoms with Gasteiger partial charge in [-0.2, -0.15) is 0 Å². The number of ether oxygens (including phenoxy) is 1. The number of carbonyl (C=O) groups is 1. The summed E-state index contributed by atoms with van der Waals surface area (Å²) in [6.45, 7) is 5.88. The van der Waals surface area contributed by atoms with Crippen LogP contribution in [0.4, 0.5) is 11.4 Å². The van der Waals surface area contributed by atoms with Crippen LogP contribution in [0, 0.1) is 0 Å². The van der Waals surface area contributed by atoms with E-state index in [2.05, 4.69) is 24.8 Å². The van der Waals surface area contributed by atoms with Crippen molar-refractivity contribution >= 4 is 17.3 Å². The molecule has 0 bridgehead atoms. The van der Waals surface area contributed by atoms with Crippen LogP contribution < -0.4 is 14.5 Å². The average molecular weight is 310 g/mol. The molecule has 1 amide bonds. The summed E-state index contributed by atoms with van der Waals surface area (Å²) in [6, 6.07) is 15.8. The summed E-state index contributed by atoms with van der Waals surface area (Å²) in [5.74, 6) is 0.713. The van der Waals surface area contributed by atoms with Gasteiger partial charge in [-0.3, -0.25) is 4.79 Å². The Labute approximate surface area is 137 Å². The molecule has 1 heterocycles. The van der Waals surface area contributed by atoms with Crippen molar-refractivity contribution in [2.75, 3.05) is 30.0 Å². The first kappa shape index (κ1) is 15.4. The lowest BCUT2D eigenvalue weighted by Gasteiger charge is -2.40. The molecular formula is C19H22N2O2. The van der Waals surface area contributed by atoms with Crippen LogP contribution in [0.25, 0.3) is 0 Å². The molecule has 2 aromatic carbocycles. The third kappa shape index (κ3) is 2.89. The van der Waals surface area contributed by atoms with Gasteiger partial charge in [0.15, 0.2) is 0 Å². The van der Waals surface area contributed by atoms with E-state index in [0.29, 0.717) is 23.9 Å². The molecule has 0 saturated carbocycles. The quantitative estimate of drug-likeness (QED) is 0.869. The van der Waals surface area contributed by atoms with Crippen LogP contribution in [-0.4, -0.2) is 32.1 Å². The first-order valence-corrected chi connectivity index (χ1v) is 7.93. The molecule has 0 aromatic heterocycles. The second-order valence-electron chi connectivity index (χ2n) is 5.96. The van der Waals surface area contributed by atoms with E-state index < -0.39 is 0 Å². The summed E-state index contributed by atoms with van der Waals surface area (Å²) in [5.41, 5.74) is 2.74. The van der Waals surface area contributed by atoms with Gasteiger partial charge >= 0.3 is 0 Å². The lowest BCUT2D eigenvalue weighted by atomic mass is 10.1. The number of methoxy groups -OCH3 is 1. The zero-order valence-corrected chi connectivity index (χ0v) is 13.8. The zero-order chi connectivity index (χ0) is 16.4. The van der Waals surface area contributed by atoms with Crippen LogP contribution >= 0.6 is 0 Å². The van der Waals surface area contributed by atoms with Gasteiger partial charge in [0.1, 0.15) is 5.75 Å². The number of carbonyl (C=O) groups excluding carboxylic acids is 1. The first-order chi connectivity index (χ1) is 11.1. The minimum Gasteiger partial charge on any atom is -0.497 e. The molecule has 0 fully saturated rings. The maximum atomic E-state index is 13.0. The van der Waals surface area contributed by atoms with E-state index in [9.17, 15) is 4.79 Å². The van der Waals surface area contributed by atoms with Gasteiger partial charge < -0.3 is 14.5 Å². The Morgan fingerprint density at radius 1 is 1.04 bits per heavy atom. The van der Waals surface area contributed by atoms with Gasteiger partial charge in [-0.05, 0) is 44.2 Å². The Morgan fingerprint density at radius 2 is 1.78 bits per heavy atom. The summed E-state index contributed by atoms with van der Waals surface area (Å²) in [5, 5.41) is 0. The number of fused-ring (bicyclic) bond motifs is 1. The predicted octanol–water partition coefficient (Wildman–Crippen LogP) is 3.57. The smallest absolute Gasteiger partial charge is 0.258 e. The van der Waals surface area contributed by atoms with E-state index in [1.54, 1.807) is 13.2 Å². The van der Waals surface area contributed by atoms with Crippen LogP contribution in [0.2, 0.25) is 0 Å². The number of para-hydroxylation sites is 2. The summed E-state index contributed by atoms with van der Waals surface area (Å²) < 4.78 is 5.23. The van der Waals surface area contributed by atoms with Gasteiger partial charge in [0.25, 0.3) is 5.91 Å². The monoisotopic (exact) mass is 310 g/mol. The van der Waals surface area contributed by atoms with Crippen LogP contribution in [0.1, 0.15) is 24.2 Å². The minimum atomic E-state index is 0.0137. The van der Waals surface area contributed by atoms with Crippen molar-refractivity contribution in [2.45, 2.75) is 19.9 Å². The predicted molar refractivity (Wildman–Crippen MR) is 93.6 cm³/mol. The second-order valence-corrected chi connectivity index (χ2v) is 5.96. The number of hydrogen-bond donors (Lipinski definition) is 0. The first-order valence-electron chi connectivity index (χ1n) is 7.93. The van der Waals surface area contributed by atoms with E-state index in [1.165, 1.54) is 0 Å². The highest BCUT2D eigenvalue weighted by Gasteiger charge is 2.28. The molecule has 4 nitrogen and oxygen atoms in total. The fourth-order valence-corrected chi connectivity index (χ4v) is 3.04. The Kier molecular flexibility index (Phi) is 4.24. The summed E-state index contributed by atoms with van der Waals surface area (Å²) in [4.78, 5) is 17.2. The Bertz CT molecular complexity index is 712. The topological polar surface area (TPSA) is 32.8 Å². The van der Waals surface area contributed by atoms with Crippen molar-refractivity contribution in [3.05, 3.63) is 54.1 Å². The Morgan fingerprint density at radius 3 is 2.48 bits per heavy atom. The molecule has 2 aromatic rings. The van der Waals surface area contributed by atoms with E-state index in [1.807, 2.05) is 41.3 Å². The molecule has 0 saturated heterocycles. The van der Waals surface area contributed by atoms with Crippen molar-refractivity contribution in [3.8, 4) is 5.75 Å². The third-order valence-corrected chi connectivity index (χ3v) is 4.23.